The molecule has 4 heteroatoms. The molecule has 1 aliphatic rings. The Morgan fingerprint density at radius 2 is 2.11 bits per heavy atom. The Kier molecular flexibility index (Phi) is 3.99. The molecule has 0 aliphatic carbocycles. The van der Waals surface area contributed by atoms with Crippen LogP contribution in [0.5, 0.6) is 0 Å². The number of rotatable bonds is 3. The van der Waals surface area contributed by atoms with Crippen LogP contribution in [0.25, 0.3) is 0 Å². The van der Waals surface area contributed by atoms with E-state index in [9.17, 15) is 4.79 Å². The average molecular weight is 249 g/mol. The van der Waals surface area contributed by atoms with Gasteiger partial charge in [0.05, 0.1) is 17.8 Å². The van der Waals surface area contributed by atoms with Gasteiger partial charge in [-0.1, -0.05) is 18.2 Å². The number of hydrogen-bond acceptors (Lipinski definition) is 4. The topological polar surface area (TPSA) is 61.5 Å². The lowest BCUT2D eigenvalue weighted by Crippen LogP contribution is -2.29. The number of esters is 1. The van der Waals surface area contributed by atoms with Crippen molar-refractivity contribution in [2.75, 3.05) is 0 Å². The van der Waals surface area contributed by atoms with E-state index in [2.05, 4.69) is 0 Å². The SMILES string of the molecule is CC1O[C@H](C(C)OC(=O)c2ccccc2)C[C@H]1N. The molecule has 2 unspecified atom stereocenters. The lowest BCUT2D eigenvalue weighted by atomic mass is 10.1. The van der Waals surface area contributed by atoms with Gasteiger partial charge in [-0.25, -0.2) is 4.79 Å². The van der Waals surface area contributed by atoms with E-state index < -0.39 is 0 Å². The maximum atomic E-state index is 11.9. The summed E-state index contributed by atoms with van der Waals surface area (Å²) >= 11 is 0. The molecule has 1 aliphatic heterocycles. The quantitative estimate of drug-likeness (QED) is 0.829. The lowest BCUT2D eigenvalue weighted by Gasteiger charge is -2.19. The largest absolute Gasteiger partial charge is 0.456 e. The third kappa shape index (κ3) is 2.89. The molecule has 0 spiro atoms. The van der Waals surface area contributed by atoms with Gasteiger partial charge in [-0.15, -0.1) is 0 Å². The molecule has 4 atom stereocenters. The van der Waals surface area contributed by atoms with E-state index in [1.54, 1.807) is 12.1 Å². The normalized spacial score (nSPS) is 28.9. The molecule has 0 aromatic heterocycles. The summed E-state index contributed by atoms with van der Waals surface area (Å²) in [5.74, 6) is -0.320. The molecule has 98 valence electrons. The predicted molar refractivity (Wildman–Crippen MR) is 68.2 cm³/mol. The van der Waals surface area contributed by atoms with Crippen LogP contribution in [0.3, 0.4) is 0 Å². The van der Waals surface area contributed by atoms with Crippen molar-refractivity contribution in [1.29, 1.82) is 0 Å². The fourth-order valence-corrected chi connectivity index (χ4v) is 2.08. The van der Waals surface area contributed by atoms with Crippen LogP contribution in [0, 0.1) is 0 Å². The highest BCUT2D eigenvalue weighted by Gasteiger charge is 2.34. The highest BCUT2D eigenvalue weighted by atomic mass is 16.6. The van der Waals surface area contributed by atoms with Crippen molar-refractivity contribution in [3.63, 3.8) is 0 Å². The second-order valence-corrected chi connectivity index (χ2v) is 4.76. The second-order valence-electron chi connectivity index (χ2n) is 4.76. The van der Waals surface area contributed by atoms with E-state index in [4.69, 9.17) is 15.2 Å². The first-order valence-corrected chi connectivity index (χ1v) is 6.25. The van der Waals surface area contributed by atoms with E-state index in [0.717, 1.165) is 6.42 Å². The highest BCUT2D eigenvalue weighted by molar-refractivity contribution is 5.89. The summed E-state index contributed by atoms with van der Waals surface area (Å²) in [5.41, 5.74) is 6.44. The highest BCUT2D eigenvalue weighted by Crippen LogP contribution is 2.23. The van der Waals surface area contributed by atoms with Gasteiger partial charge in [-0.2, -0.15) is 0 Å². The summed E-state index contributed by atoms with van der Waals surface area (Å²) in [7, 11) is 0. The molecule has 18 heavy (non-hydrogen) atoms. The van der Waals surface area contributed by atoms with Crippen LogP contribution in [0.15, 0.2) is 30.3 Å². The summed E-state index contributed by atoms with van der Waals surface area (Å²) < 4.78 is 11.1. The standard InChI is InChI=1S/C14H19NO3/c1-9-12(15)8-13(17-9)10(2)18-14(16)11-6-4-3-5-7-11/h3-7,9-10,12-13H,8,15H2,1-2H3/t9?,10?,12-,13+/m1/s1. The minimum Gasteiger partial charge on any atom is -0.456 e. The number of ether oxygens (including phenoxy) is 2. The van der Waals surface area contributed by atoms with Crippen molar-refractivity contribution in [3.05, 3.63) is 35.9 Å². The average Bonchev–Trinajstić information content (AvgIpc) is 2.71. The minimum atomic E-state index is -0.320. The van der Waals surface area contributed by atoms with Gasteiger partial charge < -0.3 is 15.2 Å². The number of benzene rings is 1. The molecule has 1 aromatic rings. The Balaban J connectivity index is 1.92. The number of hydrogen-bond donors (Lipinski definition) is 1. The Morgan fingerprint density at radius 1 is 1.44 bits per heavy atom. The Hall–Kier alpha value is -1.39. The van der Waals surface area contributed by atoms with E-state index in [0.29, 0.717) is 5.56 Å². The van der Waals surface area contributed by atoms with Crippen LogP contribution in [0.4, 0.5) is 0 Å². The fraction of sp³-hybridized carbons (Fsp3) is 0.500. The van der Waals surface area contributed by atoms with Crippen LogP contribution < -0.4 is 5.73 Å². The van der Waals surface area contributed by atoms with E-state index >= 15 is 0 Å². The van der Waals surface area contributed by atoms with Crippen molar-refractivity contribution in [2.24, 2.45) is 5.73 Å². The molecule has 0 radical (unpaired) electrons. The summed E-state index contributed by atoms with van der Waals surface area (Å²) in [6, 6.07) is 8.98. The van der Waals surface area contributed by atoms with Crippen molar-refractivity contribution in [1.82, 2.24) is 0 Å². The van der Waals surface area contributed by atoms with E-state index in [1.807, 2.05) is 32.0 Å². The molecule has 1 heterocycles. The summed E-state index contributed by atoms with van der Waals surface area (Å²) in [5, 5.41) is 0. The fourth-order valence-electron chi connectivity index (χ4n) is 2.08. The first-order chi connectivity index (χ1) is 8.58. The number of carbonyl (C=O) groups is 1. The minimum absolute atomic E-state index is 0.0212. The molecule has 4 nitrogen and oxygen atoms in total. The monoisotopic (exact) mass is 249 g/mol. The van der Waals surface area contributed by atoms with E-state index in [-0.39, 0.29) is 30.3 Å². The molecule has 1 fully saturated rings. The van der Waals surface area contributed by atoms with Gasteiger partial charge >= 0.3 is 5.97 Å². The van der Waals surface area contributed by atoms with Gasteiger partial charge in [0.2, 0.25) is 0 Å². The predicted octanol–water partition coefficient (Wildman–Crippen LogP) is 1.74. The maximum absolute atomic E-state index is 11.9. The van der Waals surface area contributed by atoms with Gasteiger partial charge in [0, 0.05) is 6.04 Å². The third-order valence-electron chi connectivity index (χ3n) is 3.32. The molecular formula is C14H19NO3. The molecular weight excluding hydrogens is 230 g/mol. The van der Waals surface area contributed by atoms with Crippen LogP contribution in [-0.2, 0) is 9.47 Å². The Bertz CT molecular complexity index is 397. The van der Waals surface area contributed by atoms with Gasteiger partial charge in [-0.05, 0) is 32.4 Å². The van der Waals surface area contributed by atoms with Gasteiger partial charge in [0.15, 0.2) is 0 Å². The summed E-state index contributed by atoms with van der Waals surface area (Å²) in [6.07, 6.45) is 0.356. The molecule has 1 saturated heterocycles. The lowest BCUT2D eigenvalue weighted by molar-refractivity contribution is -0.0394. The number of carbonyl (C=O) groups excluding carboxylic acids is 1. The van der Waals surface area contributed by atoms with Gasteiger partial charge in [-0.3, -0.25) is 0 Å². The van der Waals surface area contributed by atoms with Crippen molar-refractivity contribution in [3.8, 4) is 0 Å². The van der Waals surface area contributed by atoms with Gasteiger partial charge in [0.1, 0.15) is 6.10 Å². The van der Waals surface area contributed by atoms with Gasteiger partial charge in [0.25, 0.3) is 0 Å². The summed E-state index contributed by atoms with van der Waals surface area (Å²) in [4.78, 5) is 11.9. The smallest absolute Gasteiger partial charge is 0.338 e. The third-order valence-corrected chi connectivity index (χ3v) is 3.32. The Morgan fingerprint density at radius 3 is 2.67 bits per heavy atom. The van der Waals surface area contributed by atoms with E-state index in [1.165, 1.54) is 0 Å². The molecule has 0 amide bonds. The number of nitrogens with two attached hydrogens (primary N) is 1. The zero-order valence-electron chi connectivity index (χ0n) is 10.7. The maximum Gasteiger partial charge on any atom is 0.338 e. The van der Waals surface area contributed by atoms with Crippen LogP contribution in [-0.4, -0.2) is 30.3 Å². The van der Waals surface area contributed by atoms with Crippen LogP contribution in [0.2, 0.25) is 0 Å². The molecule has 2 rings (SSSR count). The first-order valence-electron chi connectivity index (χ1n) is 6.25. The van der Waals surface area contributed by atoms with Crippen LogP contribution >= 0.6 is 0 Å². The first kappa shape index (κ1) is 13.1. The van der Waals surface area contributed by atoms with Crippen molar-refractivity contribution in [2.45, 2.75) is 44.6 Å². The summed E-state index contributed by atoms with van der Waals surface area (Å²) in [6.45, 7) is 3.78. The molecule has 2 N–H and O–H groups in total. The molecule has 1 aromatic carbocycles. The zero-order chi connectivity index (χ0) is 13.1. The van der Waals surface area contributed by atoms with Crippen molar-refractivity contribution >= 4 is 5.97 Å². The molecule has 0 saturated carbocycles. The van der Waals surface area contributed by atoms with Crippen molar-refractivity contribution < 1.29 is 14.3 Å². The Labute approximate surface area is 107 Å². The van der Waals surface area contributed by atoms with Crippen LogP contribution in [0.1, 0.15) is 30.6 Å². The molecule has 0 bridgehead atoms. The second kappa shape index (κ2) is 5.50. The zero-order valence-corrected chi connectivity index (χ0v) is 10.7.